The molecule has 0 radical (unpaired) electrons. The monoisotopic (exact) mass is 452 g/mol. The van der Waals surface area contributed by atoms with Crippen LogP contribution in [0.15, 0.2) is 48.7 Å². The number of anilines is 1. The standard InChI is InChI=1S/C25H29ClN4O2/c1-29-20-5-6-21(29)15-23(14-20)32-22-7-3-19(4-8-22)28-25(31)30-12-10-17(11-13-30)24-9-2-18(26)16-27-24/h2-4,7-10,16,20-21,23H,5-6,11-15H2,1H3,(H,28,31)/t20-,21+,23+. The summed E-state index contributed by atoms with van der Waals surface area (Å²) in [6, 6.07) is 12.7. The summed E-state index contributed by atoms with van der Waals surface area (Å²) in [6.07, 6.45) is 9.54. The third-order valence-corrected chi connectivity index (χ3v) is 7.24. The normalized spacial score (nSPS) is 25.4. The predicted octanol–water partition coefficient (Wildman–Crippen LogP) is 5.06. The Labute approximate surface area is 194 Å². The molecule has 5 rings (SSSR count). The zero-order chi connectivity index (χ0) is 22.1. The van der Waals surface area contributed by atoms with Crippen molar-refractivity contribution in [1.82, 2.24) is 14.8 Å². The first-order chi connectivity index (χ1) is 15.5. The van der Waals surface area contributed by atoms with Crippen LogP contribution in [0.25, 0.3) is 5.57 Å². The van der Waals surface area contributed by atoms with Crippen LogP contribution in [-0.4, -0.2) is 59.1 Å². The molecular weight excluding hydrogens is 424 g/mol. The van der Waals surface area contributed by atoms with Gasteiger partial charge in [0, 0.05) is 37.1 Å². The van der Waals surface area contributed by atoms with Crippen LogP contribution in [0.3, 0.4) is 0 Å². The minimum absolute atomic E-state index is 0.0927. The van der Waals surface area contributed by atoms with Gasteiger partial charge in [-0.3, -0.25) is 4.98 Å². The first-order valence-corrected chi connectivity index (χ1v) is 11.8. The van der Waals surface area contributed by atoms with E-state index in [0.717, 1.165) is 42.0 Å². The van der Waals surface area contributed by atoms with E-state index in [1.807, 2.05) is 36.4 Å². The number of pyridine rings is 1. The molecule has 3 aliphatic rings. The molecule has 6 nitrogen and oxygen atoms in total. The molecule has 2 aromatic rings. The highest BCUT2D eigenvalue weighted by Gasteiger charge is 2.39. The van der Waals surface area contributed by atoms with E-state index in [4.69, 9.17) is 16.3 Å². The third-order valence-electron chi connectivity index (χ3n) is 7.02. The minimum atomic E-state index is -0.0927. The van der Waals surface area contributed by atoms with Crippen LogP contribution < -0.4 is 10.1 Å². The summed E-state index contributed by atoms with van der Waals surface area (Å²) in [5.41, 5.74) is 2.84. The van der Waals surface area contributed by atoms with Gasteiger partial charge < -0.3 is 19.9 Å². The van der Waals surface area contributed by atoms with Crippen molar-refractivity contribution in [3.05, 3.63) is 59.4 Å². The lowest BCUT2D eigenvalue weighted by atomic mass is 10.0. The average Bonchev–Trinajstić information content (AvgIpc) is 3.01. The maximum Gasteiger partial charge on any atom is 0.322 e. The van der Waals surface area contributed by atoms with Crippen LogP contribution in [0, 0.1) is 0 Å². The third kappa shape index (κ3) is 4.62. The van der Waals surface area contributed by atoms with Gasteiger partial charge in [0.15, 0.2) is 0 Å². The predicted molar refractivity (Wildman–Crippen MR) is 127 cm³/mol. The van der Waals surface area contributed by atoms with E-state index in [0.29, 0.717) is 30.2 Å². The summed E-state index contributed by atoms with van der Waals surface area (Å²) in [7, 11) is 2.24. The number of ether oxygens (including phenoxy) is 1. The fraction of sp³-hybridized carbons (Fsp3) is 0.440. The van der Waals surface area contributed by atoms with Crippen molar-refractivity contribution in [3.63, 3.8) is 0 Å². The SMILES string of the molecule is CN1[C@@H]2CC[C@H]1C[C@@H](Oc1ccc(NC(=O)N3CC=C(c4ccc(Cl)cn4)CC3)cc1)C2. The van der Waals surface area contributed by atoms with Gasteiger partial charge in [0.1, 0.15) is 11.9 Å². The van der Waals surface area contributed by atoms with Gasteiger partial charge in [0.2, 0.25) is 0 Å². The molecule has 2 saturated heterocycles. The molecular formula is C25H29ClN4O2. The first-order valence-electron chi connectivity index (χ1n) is 11.4. The Morgan fingerprint density at radius 3 is 2.50 bits per heavy atom. The molecule has 0 unspecified atom stereocenters. The van der Waals surface area contributed by atoms with Crippen molar-refractivity contribution in [3.8, 4) is 5.75 Å². The number of halogens is 1. The maximum atomic E-state index is 12.7. The molecule has 0 aliphatic carbocycles. The number of nitrogens with zero attached hydrogens (tertiary/aromatic N) is 3. The number of urea groups is 1. The molecule has 168 valence electrons. The van der Waals surface area contributed by atoms with E-state index in [1.54, 1.807) is 11.1 Å². The summed E-state index contributed by atoms with van der Waals surface area (Å²) in [6.45, 7) is 1.22. The Kier molecular flexibility index (Phi) is 6.07. The average molecular weight is 453 g/mol. The van der Waals surface area contributed by atoms with Crippen molar-refractivity contribution in [1.29, 1.82) is 0 Å². The molecule has 4 heterocycles. The lowest BCUT2D eigenvalue weighted by Gasteiger charge is -2.36. The number of piperidine rings is 1. The minimum Gasteiger partial charge on any atom is -0.490 e. The van der Waals surface area contributed by atoms with Gasteiger partial charge in [-0.15, -0.1) is 0 Å². The molecule has 32 heavy (non-hydrogen) atoms. The molecule has 1 aromatic carbocycles. The van der Waals surface area contributed by atoms with E-state index >= 15 is 0 Å². The van der Waals surface area contributed by atoms with Crippen molar-refractivity contribution < 1.29 is 9.53 Å². The Balaban J connectivity index is 1.13. The van der Waals surface area contributed by atoms with Crippen molar-refractivity contribution in [2.75, 3.05) is 25.5 Å². The van der Waals surface area contributed by atoms with Gasteiger partial charge in [-0.2, -0.15) is 0 Å². The summed E-state index contributed by atoms with van der Waals surface area (Å²) >= 11 is 5.92. The van der Waals surface area contributed by atoms with Gasteiger partial charge in [0.05, 0.1) is 10.7 Å². The van der Waals surface area contributed by atoms with Crippen LogP contribution in [0.1, 0.15) is 37.8 Å². The smallest absolute Gasteiger partial charge is 0.322 e. The van der Waals surface area contributed by atoms with Gasteiger partial charge in [-0.05, 0) is 81.1 Å². The number of aromatic nitrogens is 1. The second kappa shape index (κ2) is 9.12. The van der Waals surface area contributed by atoms with Gasteiger partial charge in [-0.25, -0.2) is 4.79 Å². The lowest BCUT2D eigenvalue weighted by Crippen LogP contribution is -2.43. The van der Waals surface area contributed by atoms with Gasteiger partial charge >= 0.3 is 6.03 Å². The molecule has 3 atom stereocenters. The Hall–Kier alpha value is -2.57. The second-order valence-corrected chi connectivity index (χ2v) is 9.44. The highest BCUT2D eigenvalue weighted by Crippen LogP contribution is 2.36. The van der Waals surface area contributed by atoms with Crippen molar-refractivity contribution in [2.45, 2.75) is 50.3 Å². The number of nitrogens with one attached hydrogen (secondary N) is 1. The number of carbonyl (C=O) groups excluding carboxylic acids is 1. The summed E-state index contributed by atoms with van der Waals surface area (Å²) in [4.78, 5) is 21.4. The number of fused-ring (bicyclic) bond motifs is 2. The first kappa shape index (κ1) is 21.3. The fourth-order valence-corrected chi connectivity index (χ4v) is 5.23. The van der Waals surface area contributed by atoms with Gasteiger partial charge in [0.25, 0.3) is 0 Å². The van der Waals surface area contributed by atoms with Crippen molar-refractivity contribution in [2.24, 2.45) is 0 Å². The summed E-state index contributed by atoms with van der Waals surface area (Å²) in [5, 5.41) is 3.62. The number of carbonyl (C=O) groups is 1. The Morgan fingerprint density at radius 2 is 1.88 bits per heavy atom. The molecule has 7 heteroatoms. The fourth-order valence-electron chi connectivity index (χ4n) is 5.12. The Morgan fingerprint density at radius 1 is 1.12 bits per heavy atom. The second-order valence-electron chi connectivity index (χ2n) is 9.00. The van der Waals surface area contributed by atoms with Crippen LogP contribution in [0.2, 0.25) is 5.02 Å². The number of rotatable bonds is 4. The van der Waals surface area contributed by atoms with Crippen molar-refractivity contribution >= 4 is 28.9 Å². The molecule has 1 N–H and O–H groups in total. The highest BCUT2D eigenvalue weighted by molar-refractivity contribution is 6.30. The van der Waals surface area contributed by atoms with E-state index < -0.39 is 0 Å². The molecule has 3 aliphatic heterocycles. The molecule has 2 fully saturated rings. The van der Waals surface area contributed by atoms with E-state index in [1.165, 1.54) is 12.8 Å². The van der Waals surface area contributed by atoms with Crippen LogP contribution in [0.5, 0.6) is 5.75 Å². The lowest BCUT2D eigenvalue weighted by molar-refractivity contribution is 0.0662. The zero-order valence-electron chi connectivity index (χ0n) is 18.3. The zero-order valence-corrected chi connectivity index (χ0v) is 19.1. The molecule has 0 spiro atoms. The molecule has 0 saturated carbocycles. The highest BCUT2D eigenvalue weighted by atomic mass is 35.5. The van der Waals surface area contributed by atoms with Gasteiger partial charge in [-0.1, -0.05) is 17.7 Å². The molecule has 2 amide bonds. The number of amides is 2. The number of benzene rings is 1. The number of hydrogen-bond acceptors (Lipinski definition) is 4. The maximum absolute atomic E-state index is 12.7. The summed E-state index contributed by atoms with van der Waals surface area (Å²) in [5.74, 6) is 0.873. The Bertz CT molecular complexity index is 978. The topological polar surface area (TPSA) is 57.7 Å². The molecule has 1 aromatic heterocycles. The number of hydrogen-bond donors (Lipinski definition) is 1. The van der Waals surface area contributed by atoms with E-state index in [9.17, 15) is 4.79 Å². The quantitative estimate of drug-likeness (QED) is 0.704. The van der Waals surface area contributed by atoms with Crippen LogP contribution in [-0.2, 0) is 0 Å². The largest absolute Gasteiger partial charge is 0.490 e. The van der Waals surface area contributed by atoms with E-state index in [-0.39, 0.29) is 12.1 Å². The van der Waals surface area contributed by atoms with Crippen LogP contribution >= 0.6 is 11.6 Å². The van der Waals surface area contributed by atoms with E-state index in [2.05, 4.69) is 28.3 Å². The van der Waals surface area contributed by atoms with Crippen LogP contribution in [0.4, 0.5) is 10.5 Å². The summed E-state index contributed by atoms with van der Waals surface area (Å²) < 4.78 is 6.25. The molecule has 2 bridgehead atoms.